The number of halogens is 9. The summed E-state index contributed by atoms with van der Waals surface area (Å²) < 4.78 is 96.3. The van der Waals surface area contributed by atoms with Crippen LogP contribution in [0, 0.1) is 40.5 Å². The van der Waals surface area contributed by atoms with Crippen LogP contribution in [-0.4, -0.2) is 12.1 Å². The third kappa shape index (κ3) is 4.03. The van der Waals surface area contributed by atoms with Crippen LogP contribution < -0.4 is 0 Å². The number of benzene rings is 1. The minimum absolute atomic E-state index is 0.649. The second kappa shape index (κ2) is 7.16. The molecule has 0 heterocycles. The first kappa shape index (κ1) is 21.8. The smallest absolute Gasteiger partial charge is 0.426 e. The monoisotopic (exact) mass is 438 g/mol. The van der Waals surface area contributed by atoms with Gasteiger partial charge in [-0.05, 0) is 11.3 Å². The van der Waals surface area contributed by atoms with Crippen LogP contribution in [0.2, 0.25) is 5.02 Å². The summed E-state index contributed by atoms with van der Waals surface area (Å²) in [7, 11) is 0. The maximum atomic E-state index is 13.7. The van der Waals surface area contributed by atoms with Crippen LogP contribution in [0.5, 0.6) is 0 Å². The highest BCUT2D eigenvalue weighted by Crippen LogP contribution is 2.60. The largest absolute Gasteiger partial charge is 0.460 e. The Kier molecular flexibility index (Phi) is 5.79. The van der Waals surface area contributed by atoms with Crippen molar-refractivity contribution in [2.45, 2.75) is 26.6 Å². The lowest BCUT2D eigenvalue weighted by Gasteiger charge is -2.10. The van der Waals surface area contributed by atoms with Gasteiger partial charge < -0.3 is 4.74 Å². The lowest BCUT2D eigenvalue weighted by atomic mass is 10.1. The predicted octanol–water partition coefficient (Wildman–Crippen LogP) is 5.90. The number of esters is 1. The van der Waals surface area contributed by atoms with Gasteiger partial charge in [-0.1, -0.05) is 43.1 Å². The van der Waals surface area contributed by atoms with Crippen molar-refractivity contribution in [3.63, 3.8) is 0 Å². The van der Waals surface area contributed by atoms with E-state index in [1.165, 1.54) is 13.8 Å². The number of rotatable bonds is 4. The molecule has 1 saturated carbocycles. The van der Waals surface area contributed by atoms with Crippen molar-refractivity contribution < 1.29 is 40.3 Å². The lowest BCUT2D eigenvalue weighted by Crippen LogP contribution is -2.14. The van der Waals surface area contributed by atoms with Crippen molar-refractivity contribution in [3.05, 3.63) is 45.0 Å². The van der Waals surface area contributed by atoms with Gasteiger partial charge in [0.05, 0.1) is 11.5 Å². The van der Waals surface area contributed by atoms with Crippen molar-refractivity contribution in [1.29, 1.82) is 0 Å². The van der Waals surface area contributed by atoms with E-state index >= 15 is 0 Å². The maximum absolute atomic E-state index is 13.7. The average molecular weight is 439 g/mol. The summed E-state index contributed by atoms with van der Waals surface area (Å²) in [4.78, 5) is 12.1. The van der Waals surface area contributed by atoms with E-state index < -0.39 is 74.9 Å². The molecular formula is C16H11Cl2F7O2. The summed E-state index contributed by atoms with van der Waals surface area (Å²) in [6.45, 7) is 1.75. The highest BCUT2D eigenvalue weighted by Gasteiger charge is 2.62. The van der Waals surface area contributed by atoms with E-state index in [0.717, 1.165) is 0 Å². The van der Waals surface area contributed by atoms with E-state index in [9.17, 15) is 35.5 Å². The average Bonchev–Trinajstić information content (AvgIpc) is 3.10. The Bertz CT molecular complexity index is 789. The zero-order valence-corrected chi connectivity index (χ0v) is 15.2. The van der Waals surface area contributed by atoms with E-state index in [1.807, 2.05) is 0 Å². The Labute approximate surface area is 158 Å². The van der Waals surface area contributed by atoms with Gasteiger partial charge >= 0.3 is 12.1 Å². The van der Waals surface area contributed by atoms with E-state index in [-0.39, 0.29) is 0 Å². The van der Waals surface area contributed by atoms with Gasteiger partial charge in [0, 0.05) is 0 Å². The van der Waals surface area contributed by atoms with E-state index in [2.05, 4.69) is 4.74 Å². The molecule has 1 aliphatic carbocycles. The fourth-order valence-electron chi connectivity index (χ4n) is 2.70. The molecule has 0 saturated heterocycles. The van der Waals surface area contributed by atoms with Gasteiger partial charge in [-0.25, -0.2) is 17.6 Å². The van der Waals surface area contributed by atoms with Gasteiger partial charge in [0.2, 0.25) is 0 Å². The first-order valence-electron chi connectivity index (χ1n) is 7.32. The summed E-state index contributed by atoms with van der Waals surface area (Å²) >= 11 is 10.2. The second-order valence-corrected chi connectivity index (χ2v) is 7.28. The number of carbonyl (C=O) groups excluding carboxylic acids is 1. The Morgan fingerprint density at radius 2 is 1.59 bits per heavy atom. The standard InChI is InChI=1S/C16H11Cl2F7O2/c1-15(2)6(3-7(17)16(23,24)25)8(15)14(26)27-4-5-10(19)12(21)9(18)13(22)11(5)20/h3,6,8H,4H2,1-2H3. The highest BCUT2D eigenvalue weighted by molar-refractivity contribution is 6.31. The molecule has 2 rings (SSSR count). The zero-order chi connectivity index (χ0) is 20.9. The molecule has 0 N–H and O–H groups in total. The van der Waals surface area contributed by atoms with Crippen LogP contribution in [-0.2, 0) is 16.1 Å². The molecule has 2 atom stereocenters. The van der Waals surface area contributed by atoms with Crippen LogP contribution in [0.15, 0.2) is 11.1 Å². The first-order chi connectivity index (χ1) is 12.2. The Morgan fingerprint density at radius 1 is 1.11 bits per heavy atom. The number of carbonyl (C=O) groups is 1. The fourth-order valence-corrected chi connectivity index (χ4v) is 3.00. The summed E-state index contributed by atoms with van der Waals surface area (Å²) in [6.07, 6.45) is -4.14. The van der Waals surface area contributed by atoms with Crippen molar-refractivity contribution in [3.8, 4) is 0 Å². The summed E-state index contributed by atoms with van der Waals surface area (Å²) in [5.41, 5.74) is -2.17. The van der Waals surface area contributed by atoms with Crippen molar-refractivity contribution in [2.24, 2.45) is 17.3 Å². The number of hydrogen-bond donors (Lipinski definition) is 0. The second-order valence-electron chi connectivity index (χ2n) is 6.49. The molecule has 2 unspecified atom stereocenters. The van der Waals surface area contributed by atoms with Gasteiger partial charge in [0.1, 0.15) is 16.7 Å². The number of allylic oxidation sites excluding steroid dienone is 2. The van der Waals surface area contributed by atoms with Gasteiger partial charge in [-0.3, -0.25) is 4.79 Å². The Balaban J connectivity index is 2.16. The molecule has 1 aliphatic rings. The molecule has 0 aliphatic heterocycles. The Morgan fingerprint density at radius 3 is 2.04 bits per heavy atom. The van der Waals surface area contributed by atoms with Gasteiger partial charge in [-0.2, -0.15) is 13.2 Å². The van der Waals surface area contributed by atoms with Crippen LogP contribution in [0.4, 0.5) is 30.7 Å². The normalized spacial score (nSPS) is 22.0. The molecular weight excluding hydrogens is 428 g/mol. The van der Waals surface area contributed by atoms with Gasteiger partial charge in [0.25, 0.3) is 0 Å². The molecule has 11 heteroatoms. The van der Waals surface area contributed by atoms with Gasteiger partial charge in [0.15, 0.2) is 23.3 Å². The SMILES string of the molecule is CC1(C)C(C=C(Cl)C(F)(F)F)C1C(=O)OCc1c(F)c(F)c(Cl)c(F)c1F. The van der Waals surface area contributed by atoms with E-state index in [0.29, 0.717) is 6.08 Å². The Hall–Kier alpha value is -1.48. The van der Waals surface area contributed by atoms with Crippen molar-refractivity contribution in [1.82, 2.24) is 0 Å². The molecule has 1 aromatic carbocycles. The fraction of sp³-hybridized carbons (Fsp3) is 0.438. The molecule has 0 bridgehead atoms. The zero-order valence-electron chi connectivity index (χ0n) is 13.7. The van der Waals surface area contributed by atoms with E-state index in [1.54, 1.807) is 0 Å². The number of ether oxygens (including phenoxy) is 1. The lowest BCUT2D eigenvalue weighted by molar-refractivity contribution is -0.147. The first-order valence-corrected chi connectivity index (χ1v) is 8.08. The molecule has 27 heavy (non-hydrogen) atoms. The highest BCUT2D eigenvalue weighted by atomic mass is 35.5. The molecule has 0 spiro atoms. The van der Waals surface area contributed by atoms with E-state index in [4.69, 9.17) is 23.2 Å². The molecule has 0 radical (unpaired) electrons. The van der Waals surface area contributed by atoms with Crippen LogP contribution in [0.25, 0.3) is 0 Å². The number of hydrogen-bond acceptors (Lipinski definition) is 2. The van der Waals surface area contributed by atoms with Crippen molar-refractivity contribution in [2.75, 3.05) is 0 Å². The molecule has 150 valence electrons. The van der Waals surface area contributed by atoms with Crippen LogP contribution in [0.3, 0.4) is 0 Å². The number of alkyl halides is 3. The quantitative estimate of drug-likeness (QED) is 0.253. The predicted molar refractivity (Wildman–Crippen MR) is 81.8 cm³/mol. The summed E-state index contributed by atoms with van der Waals surface area (Å²) in [5.74, 6) is -10.5. The van der Waals surface area contributed by atoms with Crippen LogP contribution in [0.1, 0.15) is 19.4 Å². The molecule has 1 fully saturated rings. The molecule has 2 nitrogen and oxygen atoms in total. The third-order valence-corrected chi connectivity index (χ3v) is 5.09. The van der Waals surface area contributed by atoms with Crippen molar-refractivity contribution >= 4 is 29.2 Å². The van der Waals surface area contributed by atoms with Gasteiger partial charge in [-0.15, -0.1) is 0 Å². The minimum Gasteiger partial charge on any atom is -0.460 e. The summed E-state index contributed by atoms with van der Waals surface area (Å²) in [5, 5.41) is -2.81. The minimum atomic E-state index is -4.79. The third-order valence-electron chi connectivity index (χ3n) is 4.42. The summed E-state index contributed by atoms with van der Waals surface area (Å²) in [6, 6.07) is 0. The molecule has 0 amide bonds. The molecule has 0 aromatic heterocycles. The maximum Gasteiger partial charge on any atom is 0.426 e. The topological polar surface area (TPSA) is 26.3 Å². The van der Waals surface area contributed by atoms with Crippen LogP contribution >= 0.6 is 23.2 Å². The molecule has 1 aromatic rings.